The second kappa shape index (κ2) is 5.25. The van der Waals surface area contributed by atoms with Crippen LogP contribution in [-0.4, -0.2) is 26.7 Å². The summed E-state index contributed by atoms with van der Waals surface area (Å²) in [5, 5.41) is 4.79. The molecule has 0 N–H and O–H groups in total. The third-order valence-corrected chi connectivity index (χ3v) is 4.20. The molecule has 0 atom stereocenters. The number of fused-ring (bicyclic) bond motifs is 1. The van der Waals surface area contributed by atoms with Crippen molar-refractivity contribution in [2.45, 2.75) is 27.7 Å². The van der Waals surface area contributed by atoms with Gasteiger partial charge in [0.25, 0.3) is 0 Å². The molecule has 0 radical (unpaired) electrons. The van der Waals surface area contributed by atoms with E-state index in [9.17, 15) is 0 Å². The number of rotatable bonds is 2. The summed E-state index contributed by atoms with van der Waals surface area (Å²) < 4.78 is 6.97. The number of nitrogens with zero attached hydrogens (tertiary/aromatic N) is 4. The number of methoxy groups -OCH3 is 1. The van der Waals surface area contributed by atoms with Crippen LogP contribution < -0.4 is 4.74 Å². The van der Waals surface area contributed by atoms with Crippen LogP contribution in [0.15, 0.2) is 12.1 Å². The minimum atomic E-state index is 0.319. The first-order chi connectivity index (χ1) is 10.4. The van der Waals surface area contributed by atoms with Crippen LogP contribution in [-0.2, 0) is 0 Å². The smallest absolute Gasteiger partial charge is 0.227 e. The second-order valence-electron chi connectivity index (χ2n) is 5.30. The second-order valence-corrected chi connectivity index (χ2v) is 5.64. The maximum Gasteiger partial charge on any atom is 0.227 e. The fraction of sp³-hybridized carbons (Fsp3) is 0.312. The highest BCUT2D eigenvalue weighted by Crippen LogP contribution is 2.35. The van der Waals surface area contributed by atoms with Gasteiger partial charge < -0.3 is 4.74 Å². The first-order valence-corrected chi connectivity index (χ1v) is 7.36. The van der Waals surface area contributed by atoms with Crippen molar-refractivity contribution >= 4 is 17.2 Å². The van der Waals surface area contributed by atoms with Crippen LogP contribution >= 0.6 is 11.6 Å². The lowest BCUT2D eigenvalue weighted by molar-refractivity contribution is 0.411. The van der Waals surface area contributed by atoms with Gasteiger partial charge in [-0.15, -0.1) is 0 Å². The van der Waals surface area contributed by atoms with E-state index in [1.165, 1.54) is 0 Å². The number of ether oxygens (including phenoxy) is 1. The highest BCUT2D eigenvalue weighted by molar-refractivity contribution is 6.28. The summed E-state index contributed by atoms with van der Waals surface area (Å²) in [4.78, 5) is 8.67. The molecular weight excluding hydrogens is 300 g/mol. The first-order valence-electron chi connectivity index (χ1n) is 6.98. The average Bonchev–Trinajstić information content (AvgIpc) is 2.79. The molecular formula is C16H17ClN4O. The van der Waals surface area contributed by atoms with Gasteiger partial charge in [0.15, 0.2) is 5.65 Å². The van der Waals surface area contributed by atoms with Gasteiger partial charge in [0.2, 0.25) is 5.28 Å². The van der Waals surface area contributed by atoms with Gasteiger partial charge in [-0.25, -0.2) is 9.97 Å². The zero-order valence-electron chi connectivity index (χ0n) is 13.2. The molecule has 0 unspecified atom stereocenters. The number of hydrogen-bond acceptors (Lipinski definition) is 4. The van der Waals surface area contributed by atoms with Crippen molar-refractivity contribution in [3.05, 3.63) is 40.1 Å². The van der Waals surface area contributed by atoms with E-state index < -0.39 is 0 Å². The predicted molar refractivity (Wildman–Crippen MR) is 86.7 cm³/mol. The molecule has 0 fully saturated rings. The molecule has 5 nitrogen and oxygen atoms in total. The van der Waals surface area contributed by atoms with E-state index >= 15 is 0 Å². The Hall–Kier alpha value is -2.14. The van der Waals surface area contributed by atoms with Crippen molar-refractivity contribution in [3.63, 3.8) is 0 Å². The van der Waals surface area contributed by atoms with E-state index in [0.717, 1.165) is 39.3 Å². The maximum atomic E-state index is 6.18. The Bertz CT molecular complexity index is 886. The summed E-state index contributed by atoms with van der Waals surface area (Å²) in [6, 6.07) is 4.01. The number of halogens is 1. The Kier molecular flexibility index (Phi) is 3.53. The lowest BCUT2D eigenvalue weighted by Crippen LogP contribution is -1.99. The third-order valence-electron chi connectivity index (χ3n) is 3.96. The molecule has 2 heterocycles. The molecule has 0 saturated carbocycles. The summed E-state index contributed by atoms with van der Waals surface area (Å²) in [5.74, 6) is 1.50. The van der Waals surface area contributed by atoms with Gasteiger partial charge in [0, 0.05) is 5.56 Å². The average molecular weight is 317 g/mol. The summed E-state index contributed by atoms with van der Waals surface area (Å²) in [7, 11) is 1.68. The number of hydrogen-bond donors (Lipinski definition) is 0. The standard InChI is InChI=1S/C16H17ClN4O/c1-8-9(2)13(22-5)7-6-12(8)14-10(3)20-21-15(14)18-11(4)19-16(21)17/h6-7H,1-5H3. The zero-order valence-corrected chi connectivity index (χ0v) is 14.0. The van der Waals surface area contributed by atoms with Crippen molar-refractivity contribution in [1.29, 1.82) is 0 Å². The summed E-state index contributed by atoms with van der Waals surface area (Å²) in [6.07, 6.45) is 0. The van der Waals surface area contributed by atoms with Gasteiger partial charge >= 0.3 is 0 Å². The van der Waals surface area contributed by atoms with E-state index in [1.54, 1.807) is 11.6 Å². The molecule has 1 aromatic carbocycles. The summed E-state index contributed by atoms with van der Waals surface area (Å²) in [5.41, 5.74) is 5.91. The monoisotopic (exact) mass is 316 g/mol. The number of aryl methyl sites for hydroxylation is 2. The highest BCUT2D eigenvalue weighted by Gasteiger charge is 2.19. The van der Waals surface area contributed by atoms with Crippen molar-refractivity contribution in [1.82, 2.24) is 19.6 Å². The fourth-order valence-corrected chi connectivity index (χ4v) is 2.95. The molecule has 0 bridgehead atoms. The van der Waals surface area contributed by atoms with Gasteiger partial charge in [-0.1, -0.05) is 6.07 Å². The van der Waals surface area contributed by atoms with Crippen molar-refractivity contribution in [2.75, 3.05) is 7.11 Å². The third kappa shape index (κ3) is 2.13. The van der Waals surface area contributed by atoms with E-state index in [4.69, 9.17) is 16.3 Å². The highest BCUT2D eigenvalue weighted by atomic mass is 35.5. The Morgan fingerprint density at radius 1 is 1.05 bits per heavy atom. The Labute approximate surface area is 133 Å². The van der Waals surface area contributed by atoms with Crippen molar-refractivity contribution in [2.24, 2.45) is 0 Å². The van der Waals surface area contributed by atoms with Gasteiger partial charge in [-0.2, -0.15) is 9.61 Å². The van der Waals surface area contributed by atoms with E-state index in [1.807, 2.05) is 32.9 Å². The summed E-state index contributed by atoms with van der Waals surface area (Å²) in [6.45, 7) is 7.90. The van der Waals surface area contributed by atoms with Crippen LogP contribution in [0.1, 0.15) is 22.6 Å². The normalized spacial score (nSPS) is 11.2. The fourth-order valence-electron chi connectivity index (χ4n) is 2.71. The molecule has 2 aromatic heterocycles. The van der Waals surface area contributed by atoms with Gasteiger partial charge in [0.1, 0.15) is 11.6 Å². The van der Waals surface area contributed by atoms with Crippen LogP contribution in [0, 0.1) is 27.7 Å². The Morgan fingerprint density at radius 2 is 1.77 bits per heavy atom. The lowest BCUT2D eigenvalue weighted by Gasteiger charge is -2.12. The zero-order chi connectivity index (χ0) is 16.0. The quantitative estimate of drug-likeness (QED) is 0.723. The molecule has 0 aliphatic heterocycles. The predicted octanol–water partition coefficient (Wildman–Crippen LogP) is 3.69. The van der Waals surface area contributed by atoms with Crippen LogP contribution in [0.3, 0.4) is 0 Å². The van der Waals surface area contributed by atoms with Gasteiger partial charge in [-0.3, -0.25) is 0 Å². The molecule has 0 spiro atoms. The van der Waals surface area contributed by atoms with Gasteiger partial charge in [-0.05, 0) is 62.1 Å². The Balaban J connectivity index is 2.36. The van der Waals surface area contributed by atoms with E-state index in [-0.39, 0.29) is 0 Å². The molecule has 0 aliphatic carbocycles. The molecule has 22 heavy (non-hydrogen) atoms. The van der Waals surface area contributed by atoms with Crippen LogP contribution in [0.4, 0.5) is 0 Å². The molecule has 3 aromatic rings. The number of benzene rings is 1. The minimum absolute atomic E-state index is 0.319. The van der Waals surface area contributed by atoms with Crippen LogP contribution in [0.25, 0.3) is 16.8 Å². The van der Waals surface area contributed by atoms with Crippen LogP contribution in [0.2, 0.25) is 5.28 Å². The van der Waals surface area contributed by atoms with Crippen molar-refractivity contribution < 1.29 is 4.74 Å². The minimum Gasteiger partial charge on any atom is -0.496 e. The lowest BCUT2D eigenvalue weighted by atomic mass is 9.96. The Morgan fingerprint density at radius 3 is 2.45 bits per heavy atom. The molecule has 114 valence electrons. The first kappa shape index (κ1) is 14.8. The topological polar surface area (TPSA) is 52.3 Å². The molecule has 0 aliphatic rings. The van der Waals surface area contributed by atoms with Crippen molar-refractivity contribution in [3.8, 4) is 16.9 Å². The van der Waals surface area contributed by atoms with E-state index in [2.05, 4.69) is 22.0 Å². The number of aromatic nitrogens is 4. The van der Waals surface area contributed by atoms with E-state index in [0.29, 0.717) is 11.1 Å². The maximum absolute atomic E-state index is 6.18. The van der Waals surface area contributed by atoms with Crippen LogP contribution in [0.5, 0.6) is 5.75 Å². The van der Waals surface area contributed by atoms with Gasteiger partial charge in [0.05, 0.1) is 12.8 Å². The largest absolute Gasteiger partial charge is 0.496 e. The molecule has 0 amide bonds. The molecule has 3 rings (SSSR count). The summed E-state index contributed by atoms with van der Waals surface area (Å²) >= 11 is 6.18. The SMILES string of the molecule is COc1ccc(-c2c(C)nn3c(Cl)nc(C)nc23)c(C)c1C. The molecule has 0 saturated heterocycles. The molecule has 6 heteroatoms.